The highest BCUT2D eigenvalue weighted by Gasteiger charge is 2.35. The van der Waals surface area contributed by atoms with Gasteiger partial charge in [-0.25, -0.2) is 18.4 Å². The molecule has 1 aliphatic carbocycles. The van der Waals surface area contributed by atoms with E-state index in [1.165, 1.54) is 19.4 Å². The van der Waals surface area contributed by atoms with E-state index >= 15 is 0 Å². The van der Waals surface area contributed by atoms with Gasteiger partial charge in [0.15, 0.2) is 17.2 Å². The molecule has 0 fully saturated rings. The SMILES string of the molecule is CC.COS(C)=O.Cc1c(F)cc2nc3c(c4c2c1CCC4)Cn1c-3cc2c(c1=O)COC(=O)C2O. The third kappa shape index (κ3) is 4.16. The summed E-state index contributed by atoms with van der Waals surface area (Å²) in [5, 5.41) is 11.2. The molecular weight excluding hydrogens is 487 g/mol. The highest BCUT2D eigenvalue weighted by Crippen LogP contribution is 2.41. The highest BCUT2D eigenvalue weighted by molar-refractivity contribution is 7.79. The summed E-state index contributed by atoms with van der Waals surface area (Å²) in [6.07, 6.45) is 2.59. The first-order chi connectivity index (χ1) is 17.2. The van der Waals surface area contributed by atoms with Crippen LogP contribution in [0, 0.1) is 12.7 Å². The van der Waals surface area contributed by atoms with Crippen LogP contribution in [0.15, 0.2) is 16.9 Å². The molecule has 0 amide bonds. The number of aliphatic hydroxyl groups is 1. The van der Waals surface area contributed by atoms with E-state index in [4.69, 9.17) is 9.72 Å². The number of aliphatic hydroxyl groups excluding tert-OH is 1. The van der Waals surface area contributed by atoms with Gasteiger partial charge in [0.25, 0.3) is 5.56 Å². The smallest absolute Gasteiger partial charge is 0.340 e. The molecule has 0 radical (unpaired) electrons. The number of carbonyl (C=O) groups excluding carboxylic acids is 1. The maximum atomic E-state index is 14.5. The second-order valence-electron chi connectivity index (χ2n) is 8.56. The van der Waals surface area contributed by atoms with Gasteiger partial charge >= 0.3 is 5.97 Å². The topological polar surface area (TPSA) is 108 Å². The number of esters is 1. The Morgan fingerprint density at radius 1 is 1.17 bits per heavy atom. The Hall–Kier alpha value is -2.95. The van der Waals surface area contributed by atoms with Gasteiger partial charge in [-0.05, 0) is 48.9 Å². The summed E-state index contributed by atoms with van der Waals surface area (Å²) in [6, 6.07) is 3.13. The second kappa shape index (κ2) is 10.2. The lowest BCUT2D eigenvalue weighted by atomic mass is 9.85. The van der Waals surface area contributed by atoms with Crippen molar-refractivity contribution < 1.29 is 27.4 Å². The van der Waals surface area contributed by atoms with E-state index in [2.05, 4.69) is 4.18 Å². The van der Waals surface area contributed by atoms with Crippen LogP contribution >= 0.6 is 0 Å². The molecule has 0 bridgehead atoms. The number of nitrogens with zero attached hydrogens (tertiary/aromatic N) is 2. The molecule has 2 aliphatic heterocycles. The summed E-state index contributed by atoms with van der Waals surface area (Å²) in [5.41, 5.74) is 5.86. The number of rotatable bonds is 1. The predicted molar refractivity (Wildman–Crippen MR) is 134 cm³/mol. The normalized spacial score (nSPS) is 17.5. The number of cyclic esters (lactones) is 1. The molecule has 6 rings (SSSR count). The number of aromatic nitrogens is 2. The number of ether oxygens (including phenoxy) is 1. The number of fused-ring (bicyclic) bond motifs is 5. The van der Waals surface area contributed by atoms with Crippen LogP contribution in [0.1, 0.15) is 59.8 Å². The Morgan fingerprint density at radius 3 is 2.50 bits per heavy atom. The highest BCUT2D eigenvalue weighted by atomic mass is 32.2. The molecule has 36 heavy (non-hydrogen) atoms. The van der Waals surface area contributed by atoms with E-state index in [0.29, 0.717) is 34.6 Å². The molecule has 3 aromatic rings. The number of aryl methyl sites for hydroxylation is 2. The molecular formula is C26H29FN2O6S. The molecule has 3 aliphatic rings. The van der Waals surface area contributed by atoms with Crippen molar-refractivity contribution in [2.24, 2.45) is 0 Å². The van der Waals surface area contributed by atoms with Gasteiger partial charge < -0.3 is 14.4 Å². The van der Waals surface area contributed by atoms with Gasteiger partial charge in [-0.1, -0.05) is 13.8 Å². The van der Waals surface area contributed by atoms with Gasteiger partial charge in [0.2, 0.25) is 0 Å². The lowest BCUT2D eigenvalue weighted by Crippen LogP contribution is -2.32. The number of benzene rings is 1. The monoisotopic (exact) mass is 516 g/mol. The minimum absolute atomic E-state index is 0.141. The van der Waals surface area contributed by atoms with Gasteiger partial charge in [0.05, 0.1) is 36.1 Å². The number of hydrogen-bond donors (Lipinski definition) is 1. The minimum atomic E-state index is -1.48. The number of halogens is 1. The standard InChI is InChI=1S/C22H17FN2O4.C2H6O2S.C2H6/c1-9-10-3-2-4-11-13-7-25-17(19(13)24-16(18(10)11)6-15(9)23)5-12-14(21(25)27)8-29-22(28)20(12)26;1-4-5(2)3;1-2/h5-6,20,26H,2-4,7-8H2,1H3;1-2H3;1-2H3. The fourth-order valence-corrected chi connectivity index (χ4v) is 5.06. The number of pyridine rings is 2. The van der Waals surface area contributed by atoms with E-state index in [0.717, 1.165) is 41.3 Å². The summed E-state index contributed by atoms with van der Waals surface area (Å²) < 4.78 is 35.0. The molecule has 1 aromatic carbocycles. The van der Waals surface area contributed by atoms with E-state index in [-0.39, 0.29) is 23.5 Å². The Balaban J connectivity index is 0.000000391. The molecule has 1 N–H and O–H groups in total. The Morgan fingerprint density at radius 2 is 1.83 bits per heavy atom. The summed E-state index contributed by atoms with van der Waals surface area (Å²) >= 11 is -1.07. The van der Waals surface area contributed by atoms with Gasteiger partial charge in [0.1, 0.15) is 12.4 Å². The number of hydrogen-bond acceptors (Lipinski definition) is 7. The molecule has 192 valence electrons. The fourth-order valence-electron chi connectivity index (χ4n) is 5.06. The lowest BCUT2D eigenvalue weighted by molar-refractivity contribution is -0.157. The third-order valence-electron chi connectivity index (χ3n) is 6.77. The Bertz CT molecular complexity index is 1470. The zero-order chi connectivity index (χ0) is 26.3. The largest absolute Gasteiger partial charge is 0.458 e. The zero-order valence-corrected chi connectivity index (χ0v) is 21.8. The van der Waals surface area contributed by atoms with Crippen molar-refractivity contribution in [3.05, 3.63) is 61.7 Å². The molecule has 0 spiro atoms. The van der Waals surface area contributed by atoms with Crippen LogP contribution in [-0.4, -0.2) is 38.2 Å². The van der Waals surface area contributed by atoms with Crippen LogP contribution in [-0.2, 0) is 50.8 Å². The van der Waals surface area contributed by atoms with Crippen LogP contribution in [0.25, 0.3) is 22.3 Å². The first-order valence-electron chi connectivity index (χ1n) is 11.9. The third-order valence-corrected chi connectivity index (χ3v) is 7.24. The van der Waals surface area contributed by atoms with Crippen LogP contribution < -0.4 is 5.56 Å². The van der Waals surface area contributed by atoms with Gasteiger partial charge in [-0.3, -0.25) is 8.98 Å². The van der Waals surface area contributed by atoms with E-state index < -0.39 is 23.2 Å². The molecule has 2 aromatic heterocycles. The molecule has 10 heteroatoms. The molecule has 8 nitrogen and oxygen atoms in total. The number of carbonyl (C=O) groups is 1. The van der Waals surface area contributed by atoms with Crippen molar-refractivity contribution in [2.45, 2.75) is 59.3 Å². The maximum absolute atomic E-state index is 14.5. The quantitative estimate of drug-likeness (QED) is 0.386. The molecule has 0 saturated carbocycles. The minimum Gasteiger partial charge on any atom is -0.458 e. The maximum Gasteiger partial charge on any atom is 0.340 e. The van der Waals surface area contributed by atoms with Crippen molar-refractivity contribution >= 4 is 28.0 Å². The van der Waals surface area contributed by atoms with Crippen molar-refractivity contribution in [1.29, 1.82) is 0 Å². The molecule has 2 atom stereocenters. The van der Waals surface area contributed by atoms with Crippen LogP contribution in [0.4, 0.5) is 4.39 Å². The molecule has 2 unspecified atom stereocenters. The van der Waals surface area contributed by atoms with Gasteiger partial charge in [-0.15, -0.1) is 0 Å². The average Bonchev–Trinajstić information content (AvgIpc) is 3.25. The summed E-state index contributed by atoms with van der Waals surface area (Å²) in [7, 11) is 1.40. The first-order valence-corrected chi connectivity index (χ1v) is 13.3. The zero-order valence-electron chi connectivity index (χ0n) is 20.9. The second-order valence-corrected chi connectivity index (χ2v) is 9.70. The van der Waals surface area contributed by atoms with Gasteiger partial charge in [0, 0.05) is 28.8 Å². The average molecular weight is 517 g/mol. The molecule has 4 heterocycles. The van der Waals surface area contributed by atoms with E-state index in [9.17, 15) is 23.3 Å². The lowest BCUT2D eigenvalue weighted by Gasteiger charge is -2.22. The van der Waals surface area contributed by atoms with Crippen molar-refractivity contribution in [2.75, 3.05) is 13.4 Å². The first kappa shape index (κ1) is 26.1. The summed E-state index contributed by atoms with van der Waals surface area (Å²) in [4.78, 5) is 29.6. The van der Waals surface area contributed by atoms with Crippen LogP contribution in [0.3, 0.4) is 0 Å². The van der Waals surface area contributed by atoms with Crippen molar-refractivity contribution in [3.8, 4) is 11.4 Å². The van der Waals surface area contributed by atoms with Gasteiger partial charge in [-0.2, -0.15) is 0 Å². The Kier molecular flexibility index (Phi) is 7.40. The molecule has 0 saturated heterocycles. The van der Waals surface area contributed by atoms with Crippen LogP contribution in [0.2, 0.25) is 0 Å². The van der Waals surface area contributed by atoms with Crippen molar-refractivity contribution in [1.82, 2.24) is 9.55 Å². The predicted octanol–water partition coefficient (Wildman–Crippen LogP) is 3.40. The fraction of sp³-hybridized carbons (Fsp3) is 0.423. The van der Waals surface area contributed by atoms with Crippen LogP contribution in [0.5, 0.6) is 0 Å². The van der Waals surface area contributed by atoms with E-state index in [1.807, 2.05) is 13.8 Å². The summed E-state index contributed by atoms with van der Waals surface area (Å²) in [5.74, 6) is -1.03. The van der Waals surface area contributed by atoms with E-state index in [1.54, 1.807) is 17.6 Å². The van der Waals surface area contributed by atoms with Crippen molar-refractivity contribution in [3.63, 3.8) is 0 Å². The summed E-state index contributed by atoms with van der Waals surface area (Å²) in [6.45, 7) is 6.05. The Labute approximate surface area is 210 Å².